The van der Waals surface area contributed by atoms with E-state index < -0.39 is 66.9 Å². The van der Waals surface area contributed by atoms with Crippen molar-refractivity contribution >= 4 is 29.7 Å². The molecule has 14 heteroatoms. The summed E-state index contributed by atoms with van der Waals surface area (Å²) in [6.45, 7) is 2.82. The van der Waals surface area contributed by atoms with Gasteiger partial charge in [0.25, 0.3) is 0 Å². The maximum atomic E-state index is 12.8. The maximum absolute atomic E-state index is 12.8. The quantitative estimate of drug-likeness (QED) is 0.133. The lowest BCUT2D eigenvalue weighted by molar-refractivity contribution is -0.143. The Hall–Kier alpha value is -3.52. The molecule has 0 fully saturated rings. The summed E-state index contributed by atoms with van der Waals surface area (Å²) in [4.78, 5) is 66.6. The van der Waals surface area contributed by atoms with Crippen LogP contribution in [0.3, 0.4) is 0 Å². The first-order valence-corrected chi connectivity index (χ1v) is 10.7. The van der Waals surface area contributed by atoms with E-state index in [4.69, 9.17) is 10.8 Å². The van der Waals surface area contributed by atoms with Crippen molar-refractivity contribution in [3.8, 4) is 0 Å². The van der Waals surface area contributed by atoms with E-state index in [-0.39, 0.29) is 18.8 Å². The molecule has 9 N–H and O–H groups in total. The van der Waals surface area contributed by atoms with E-state index in [2.05, 4.69) is 25.9 Å². The largest absolute Gasteiger partial charge is 0.481 e. The summed E-state index contributed by atoms with van der Waals surface area (Å²) in [7, 11) is 0. The molecular weight excluding hydrogens is 452 g/mol. The summed E-state index contributed by atoms with van der Waals surface area (Å²) in [5, 5.41) is 34.6. The molecule has 5 unspecified atom stereocenters. The van der Waals surface area contributed by atoms with E-state index in [9.17, 15) is 34.2 Å². The standard InChI is InChI=1S/C20H32N6O8/c1-3-10(2)16(21)19(32)26-14(8-27)18(31)25-13(6-11-7-22-9-23-11)17(30)24-12(20(33)34)4-5-15(28)29/h7,9-10,12-14,16,27H,3-6,8,21H2,1-2H3,(H,22,23)(H,24,30)(H,25,31)(H,26,32)(H,28,29)(H,33,34). The van der Waals surface area contributed by atoms with Gasteiger partial charge in [-0.1, -0.05) is 20.3 Å². The van der Waals surface area contributed by atoms with Crippen molar-refractivity contribution in [2.45, 2.75) is 63.7 Å². The molecule has 0 aliphatic carbocycles. The van der Waals surface area contributed by atoms with Gasteiger partial charge in [-0.15, -0.1) is 0 Å². The van der Waals surface area contributed by atoms with Gasteiger partial charge in [0, 0.05) is 24.7 Å². The number of aliphatic carboxylic acids is 2. The number of H-pyrrole nitrogens is 1. The van der Waals surface area contributed by atoms with Crippen LogP contribution in [0.2, 0.25) is 0 Å². The number of rotatable bonds is 15. The third-order valence-corrected chi connectivity index (χ3v) is 5.25. The third kappa shape index (κ3) is 9.15. The molecule has 1 aromatic rings. The lowest BCUT2D eigenvalue weighted by Crippen LogP contribution is -2.59. The first kappa shape index (κ1) is 28.5. The van der Waals surface area contributed by atoms with Gasteiger partial charge in [0.05, 0.1) is 19.0 Å². The van der Waals surface area contributed by atoms with E-state index in [1.807, 2.05) is 6.92 Å². The minimum atomic E-state index is -1.51. The topological polar surface area (TPSA) is 237 Å². The number of amides is 3. The van der Waals surface area contributed by atoms with E-state index in [1.165, 1.54) is 12.5 Å². The molecule has 0 bridgehead atoms. The predicted octanol–water partition coefficient (Wildman–Crippen LogP) is -2.28. The Morgan fingerprint density at radius 1 is 1.03 bits per heavy atom. The summed E-state index contributed by atoms with van der Waals surface area (Å²) in [5.41, 5.74) is 6.28. The van der Waals surface area contributed by atoms with E-state index in [0.29, 0.717) is 12.1 Å². The fraction of sp³-hybridized carbons (Fsp3) is 0.600. The van der Waals surface area contributed by atoms with Crippen LogP contribution in [-0.2, 0) is 30.4 Å². The highest BCUT2D eigenvalue weighted by Gasteiger charge is 2.31. The van der Waals surface area contributed by atoms with Crippen molar-refractivity contribution in [2.24, 2.45) is 11.7 Å². The number of aromatic nitrogens is 2. The lowest BCUT2D eigenvalue weighted by atomic mass is 9.99. The monoisotopic (exact) mass is 484 g/mol. The van der Waals surface area contributed by atoms with Gasteiger partial charge in [0.15, 0.2) is 0 Å². The van der Waals surface area contributed by atoms with Gasteiger partial charge >= 0.3 is 11.9 Å². The number of aromatic amines is 1. The number of nitrogens with two attached hydrogens (primary N) is 1. The smallest absolute Gasteiger partial charge is 0.326 e. The minimum Gasteiger partial charge on any atom is -0.481 e. The van der Waals surface area contributed by atoms with Crippen molar-refractivity contribution < 1.29 is 39.3 Å². The Kier molecular flexibility index (Phi) is 11.7. The normalized spacial score (nSPS) is 15.3. The van der Waals surface area contributed by atoms with Crippen molar-refractivity contribution in [3.05, 3.63) is 18.2 Å². The molecule has 14 nitrogen and oxygen atoms in total. The molecule has 190 valence electrons. The summed E-state index contributed by atoms with van der Waals surface area (Å²) in [5.74, 6) is -5.32. The van der Waals surface area contributed by atoms with Gasteiger partial charge in [-0.05, 0) is 12.3 Å². The van der Waals surface area contributed by atoms with Gasteiger partial charge in [0.2, 0.25) is 17.7 Å². The SMILES string of the molecule is CCC(C)C(N)C(=O)NC(CO)C(=O)NC(Cc1cnc[nH]1)C(=O)NC(CCC(=O)O)C(=O)O. The molecular formula is C20H32N6O8. The highest BCUT2D eigenvalue weighted by molar-refractivity contribution is 5.94. The maximum Gasteiger partial charge on any atom is 0.326 e. The second-order valence-corrected chi connectivity index (χ2v) is 7.83. The molecule has 3 amide bonds. The van der Waals surface area contributed by atoms with Gasteiger partial charge in [-0.3, -0.25) is 19.2 Å². The zero-order valence-electron chi connectivity index (χ0n) is 19.0. The summed E-state index contributed by atoms with van der Waals surface area (Å²) < 4.78 is 0. The number of hydrogen-bond acceptors (Lipinski definition) is 8. The van der Waals surface area contributed by atoms with Crippen LogP contribution in [0.15, 0.2) is 12.5 Å². The predicted molar refractivity (Wildman–Crippen MR) is 117 cm³/mol. The fourth-order valence-corrected chi connectivity index (χ4v) is 2.87. The van der Waals surface area contributed by atoms with Crippen LogP contribution in [0.25, 0.3) is 0 Å². The van der Waals surface area contributed by atoms with Crippen LogP contribution in [0, 0.1) is 5.92 Å². The number of imidazole rings is 1. The van der Waals surface area contributed by atoms with Crippen LogP contribution in [0.4, 0.5) is 0 Å². The second kappa shape index (κ2) is 13.9. The number of nitrogens with one attached hydrogen (secondary N) is 4. The molecule has 34 heavy (non-hydrogen) atoms. The van der Waals surface area contributed by atoms with E-state index >= 15 is 0 Å². The van der Waals surface area contributed by atoms with Gasteiger partial charge < -0.3 is 42.0 Å². The average molecular weight is 485 g/mol. The highest BCUT2D eigenvalue weighted by atomic mass is 16.4. The third-order valence-electron chi connectivity index (χ3n) is 5.25. The molecule has 1 aromatic heterocycles. The Morgan fingerprint density at radius 3 is 2.12 bits per heavy atom. The van der Waals surface area contributed by atoms with E-state index in [0.717, 1.165) is 0 Å². The number of aliphatic hydroxyl groups is 1. The Bertz CT molecular complexity index is 846. The molecule has 0 saturated carbocycles. The number of carbonyl (C=O) groups is 5. The molecule has 0 radical (unpaired) electrons. The average Bonchev–Trinajstić information content (AvgIpc) is 3.30. The number of aliphatic hydroxyl groups excluding tert-OH is 1. The number of carboxylic acids is 2. The lowest BCUT2D eigenvalue weighted by Gasteiger charge is -2.25. The summed E-state index contributed by atoms with van der Waals surface area (Å²) >= 11 is 0. The van der Waals surface area contributed by atoms with Crippen molar-refractivity contribution in [2.75, 3.05) is 6.61 Å². The van der Waals surface area contributed by atoms with Crippen molar-refractivity contribution in [1.82, 2.24) is 25.9 Å². The van der Waals surface area contributed by atoms with E-state index in [1.54, 1.807) is 6.92 Å². The Labute approximate surface area is 195 Å². The van der Waals surface area contributed by atoms with Gasteiger partial charge in [-0.25, -0.2) is 9.78 Å². The molecule has 0 aromatic carbocycles. The van der Waals surface area contributed by atoms with Gasteiger partial charge in [0.1, 0.15) is 18.1 Å². The molecule has 5 atom stereocenters. The zero-order valence-corrected chi connectivity index (χ0v) is 19.0. The molecule has 0 aliphatic heterocycles. The summed E-state index contributed by atoms with van der Waals surface area (Å²) in [6, 6.07) is -5.16. The Balaban J connectivity index is 2.97. The second-order valence-electron chi connectivity index (χ2n) is 7.83. The molecule has 0 saturated heterocycles. The number of hydrogen-bond donors (Lipinski definition) is 8. The zero-order chi connectivity index (χ0) is 25.8. The molecule has 1 heterocycles. The van der Waals surface area contributed by atoms with Crippen LogP contribution < -0.4 is 21.7 Å². The fourth-order valence-electron chi connectivity index (χ4n) is 2.87. The van der Waals surface area contributed by atoms with Crippen LogP contribution in [-0.4, -0.2) is 85.7 Å². The van der Waals surface area contributed by atoms with Crippen molar-refractivity contribution in [1.29, 1.82) is 0 Å². The van der Waals surface area contributed by atoms with Crippen LogP contribution >= 0.6 is 0 Å². The molecule has 1 rings (SSSR count). The number of nitrogens with zero attached hydrogens (tertiary/aromatic N) is 1. The first-order chi connectivity index (χ1) is 16.0. The van der Waals surface area contributed by atoms with Crippen LogP contribution in [0.5, 0.6) is 0 Å². The molecule has 0 spiro atoms. The number of carboxylic acid groups (broad SMARTS) is 2. The Morgan fingerprint density at radius 2 is 1.62 bits per heavy atom. The number of carbonyl (C=O) groups excluding carboxylic acids is 3. The first-order valence-electron chi connectivity index (χ1n) is 10.7. The minimum absolute atomic E-state index is 0.124. The van der Waals surface area contributed by atoms with Gasteiger partial charge in [-0.2, -0.15) is 0 Å². The summed E-state index contributed by atoms with van der Waals surface area (Å²) in [6.07, 6.45) is 2.35. The van der Waals surface area contributed by atoms with Crippen LogP contribution in [0.1, 0.15) is 38.8 Å². The molecule has 0 aliphatic rings. The highest BCUT2D eigenvalue weighted by Crippen LogP contribution is 2.06. The van der Waals surface area contributed by atoms with Crippen molar-refractivity contribution in [3.63, 3.8) is 0 Å².